The van der Waals surface area contributed by atoms with Gasteiger partial charge >= 0.3 is 11.9 Å². The number of halogens is 1. The molecule has 0 amide bonds. The number of ether oxygens (including phenoxy) is 2. The maximum atomic E-state index is 12.5. The summed E-state index contributed by atoms with van der Waals surface area (Å²) in [6.07, 6.45) is 1.45. The molecule has 47 heavy (non-hydrogen) atoms. The van der Waals surface area contributed by atoms with Crippen molar-refractivity contribution in [3.05, 3.63) is 41.4 Å². The average molecular weight is 674 g/mol. The lowest BCUT2D eigenvalue weighted by atomic mass is 9.91. The smallest absolute Gasteiger partial charge is 0.348 e. The van der Waals surface area contributed by atoms with Crippen molar-refractivity contribution in [3.8, 4) is 12.3 Å². The van der Waals surface area contributed by atoms with E-state index >= 15 is 0 Å². The Morgan fingerprint density at radius 3 is 2.51 bits per heavy atom. The summed E-state index contributed by atoms with van der Waals surface area (Å²) in [5.74, 6) is -1.21. The number of nitrogens with zero attached hydrogens (tertiary/aromatic N) is 6. The summed E-state index contributed by atoms with van der Waals surface area (Å²) in [5.41, 5.74) is -3.88. The molecule has 0 radical (unpaired) electrons. The van der Waals surface area contributed by atoms with Crippen molar-refractivity contribution in [3.63, 3.8) is 0 Å². The van der Waals surface area contributed by atoms with Crippen molar-refractivity contribution < 1.29 is 44.6 Å². The first-order chi connectivity index (χ1) is 22.2. The van der Waals surface area contributed by atoms with Gasteiger partial charge in [0, 0.05) is 31.2 Å². The van der Waals surface area contributed by atoms with Gasteiger partial charge in [-0.2, -0.15) is 9.97 Å². The van der Waals surface area contributed by atoms with Crippen molar-refractivity contribution in [2.24, 2.45) is 0 Å². The highest BCUT2D eigenvalue weighted by Crippen LogP contribution is 2.40. The van der Waals surface area contributed by atoms with Crippen LogP contribution < -0.4 is 10.2 Å². The Hall–Kier alpha value is -4.08. The van der Waals surface area contributed by atoms with E-state index in [1.165, 1.54) is 10.9 Å². The minimum Gasteiger partial charge on any atom is -0.479 e. The Morgan fingerprint density at radius 1 is 1.21 bits per heavy atom. The number of anilines is 2. The second-order valence-corrected chi connectivity index (χ2v) is 12.2. The van der Waals surface area contributed by atoms with Crippen LogP contribution in [0.1, 0.15) is 32.1 Å². The fourth-order valence-corrected chi connectivity index (χ4v) is 5.88. The van der Waals surface area contributed by atoms with Crippen molar-refractivity contribution in [1.29, 1.82) is 0 Å². The van der Waals surface area contributed by atoms with Gasteiger partial charge in [0.1, 0.15) is 12.2 Å². The third-order valence-corrected chi connectivity index (χ3v) is 8.49. The number of fused-ring (bicyclic) bond motifs is 1. The van der Waals surface area contributed by atoms with E-state index in [2.05, 4.69) is 26.2 Å². The van der Waals surface area contributed by atoms with Crippen LogP contribution >= 0.6 is 11.6 Å². The third-order valence-electron chi connectivity index (χ3n) is 8.32. The molecule has 0 spiro atoms. The number of aliphatic carboxylic acids is 2. The number of terminal acetylenes is 1. The molecule has 252 valence electrons. The van der Waals surface area contributed by atoms with Crippen LogP contribution in [-0.4, -0.2) is 124 Å². The van der Waals surface area contributed by atoms with Gasteiger partial charge in [-0.25, -0.2) is 14.6 Å². The molecule has 0 saturated carbocycles. The minimum atomic E-state index is -2.83. The predicted octanol–water partition coefficient (Wildman–Crippen LogP) is 0.508. The van der Waals surface area contributed by atoms with Crippen molar-refractivity contribution >= 4 is 46.2 Å². The topological polar surface area (TPSA) is 216 Å². The molecule has 1 unspecified atom stereocenters. The van der Waals surface area contributed by atoms with Gasteiger partial charge in [0.05, 0.1) is 12.9 Å². The highest BCUT2D eigenvalue weighted by molar-refractivity contribution is 6.28. The summed E-state index contributed by atoms with van der Waals surface area (Å²) in [6, 6.07) is 6.35. The van der Waals surface area contributed by atoms with Crippen molar-refractivity contribution in [2.45, 2.75) is 68.7 Å². The van der Waals surface area contributed by atoms with Crippen LogP contribution in [0.3, 0.4) is 0 Å². The third kappa shape index (κ3) is 6.31. The number of imidazole rings is 1. The Balaban J connectivity index is 1.39. The fraction of sp³-hybridized carbons (Fsp3) is 0.500. The standard InChI is InChI=1S/C30H36ClN7O9/c1-5-29(45)19(47-24(21(29)39)38-15-32-20-22(33-16(2)3)34-27(31)35-23(20)38)14-46-30(25(40)41,26(42)43)13-17-7-9-18(10-8-17)37-12-6-11-36(4)28(37)44/h1,7-10,15-16,19,21,24,28,39,44-45H,6,11-14H2,2-4H3,(H,40,41)(H,42,43)(H,33,34,35)/t19-,21+,24-,28?,29-/m1/s1. The Kier molecular flexibility index (Phi) is 9.62. The summed E-state index contributed by atoms with van der Waals surface area (Å²) in [6.45, 7) is 4.24. The number of nitrogens with one attached hydrogen (secondary N) is 1. The van der Waals surface area contributed by atoms with Crippen LogP contribution in [0.2, 0.25) is 5.28 Å². The van der Waals surface area contributed by atoms with Gasteiger partial charge in [0.15, 0.2) is 35.2 Å². The molecule has 2 aromatic heterocycles. The van der Waals surface area contributed by atoms with Crippen molar-refractivity contribution in [2.75, 3.05) is 37.0 Å². The molecule has 2 aliphatic heterocycles. The molecule has 0 bridgehead atoms. The van der Waals surface area contributed by atoms with Gasteiger partial charge in [0.2, 0.25) is 5.28 Å². The molecule has 17 heteroatoms. The summed E-state index contributed by atoms with van der Waals surface area (Å²) in [5, 5.41) is 56.3. The zero-order valence-electron chi connectivity index (χ0n) is 25.8. The highest BCUT2D eigenvalue weighted by Gasteiger charge is 2.58. The zero-order valence-corrected chi connectivity index (χ0v) is 26.6. The molecule has 1 aromatic carbocycles. The quantitative estimate of drug-likeness (QED) is 0.0929. The monoisotopic (exact) mass is 673 g/mol. The van der Waals surface area contributed by atoms with E-state index in [4.69, 9.17) is 27.5 Å². The molecule has 4 heterocycles. The number of carboxylic acid groups (broad SMARTS) is 2. The molecule has 2 fully saturated rings. The summed E-state index contributed by atoms with van der Waals surface area (Å²) in [4.78, 5) is 41.2. The van der Waals surface area contributed by atoms with Crippen LogP contribution in [0, 0.1) is 12.3 Å². The minimum absolute atomic E-state index is 0.0399. The van der Waals surface area contributed by atoms with Crippen LogP contribution in [0.15, 0.2) is 30.6 Å². The van der Waals surface area contributed by atoms with Crippen LogP contribution in [0.5, 0.6) is 0 Å². The lowest BCUT2D eigenvalue weighted by Crippen LogP contribution is -2.55. The lowest BCUT2D eigenvalue weighted by molar-refractivity contribution is -0.191. The number of hydrogen-bond donors (Lipinski definition) is 6. The van der Waals surface area contributed by atoms with Gasteiger partial charge in [-0.05, 0) is 56.6 Å². The summed E-state index contributed by atoms with van der Waals surface area (Å²) in [7, 11) is 1.79. The second kappa shape index (κ2) is 13.2. The Bertz CT molecular complexity index is 1670. The number of hydrogen-bond acceptors (Lipinski definition) is 13. The number of aliphatic hydroxyl groups is 3. The zero-order chi connectivity index (χ0) is 34.3. The molecule has 16 nitrogen and oxygen atoms in total. The lowest BCUT2D eigenvalue weighted by Gasteiger charge is -2.40. The first-order valence-corrected chi connectivity index (χ1v) is 15.1. The highest BCUT2D eigenvalue weighted by atomic mass is 35.5. The van der Waals surface area contributed by atoms with E-state index in [1.54, 1.807) is 41.1 Å². The van der Waals surface area contributed by atoms with E-state index in [0.717, 1.165) is 13.0 Å². The first kappa shape index (κ1) is 34.3. The Morgan fingerprint density at radius 2 is 1.89 bits per heavy atom. The van der Waals surface area contributed by atoms with Gasteiger partial charge in [-0.1, -0.05) is 18.1 Å². The first-order valence-electron chi connectivity index (χ1n) is 14.8. The molecule has 6 N–H and O–H groups in total. The average Bonchev–Trinajstić information content (AvgIpc) is 3.54. The molecular weight excluding hydrogens is 638 g/mol. The molecule has 3 aromatic rings. The maximum absolute atomic E-state index is 12.5. The molecule has 5 atom stereocenters. The fourth-order valence-electron chi connectivity index (χ4n) is 5.72. The maximum Gasteiger partial charge on any atom is 0.348 e. The van der Waals surface area contributed by atoms with Gasteiger partial charge < -0.3 is 45.2 Å². The normalized spacial score (nSPS) is 25.3. The SMILES string of the molecule is C#C[C@@]1(O)[C@@H](COC(Cc2ccc(N3CCCN(C)C3O)cc2)(C(=O)O)C(=O)O)O[C@@H](n2cnc3c(NC(C)C)nc(Cl)nc32)[C@@H]1O. The predicted molar refractivity (Wildman–Crippen MR) is 167 cm³/mol. The Labute approximate surface area is 274 Å². The van der Waals surface area contributed by atoms with Crippen LogP contribution in [0.4, 0.5) is 11.5 Å². The van der Waals surface area contributed by atoms with Crippen LogP contribution in [-0.2, 0) is 25.5 Å². The van der Waals surface area contributed by atoms with E-state index in [0.29, 0.717) is 23.6 Å². The number of benzene rings is 1. The van der Waals surface area contributed by atoms with E-state index in [1.807, 2.05) is 13.8 Å². The number of carboxylic acids is 2. The summed E-state index contributed by atoms with van der Waals surface area (Å²) < 4.78 is 12.8. The van der Waals surface area contributed by atoms with Gasteiger partial charge in [-0.3, -0.25) is 9.47 Å². The van der Waals surface area contributed by atoms with Gasteiger partial charge in [0.25, 0.3) is 5.60 Å². The van der Waals surface area contributed by atoms with E-state index in [-0.39, 0.29) is 22.5 Å². The summed E-state index contributed by atoms with van der Waals surface area (Å²) >= 11 is 6.14. The largest absolute Gasteiger partial charge is 0.479 e. The number of carbonyl (C=O) groups is 2. The number of rotatable bonds is 11. The molecule has 0 aliphatic carbocycles. The van der Waals surface area contributed by atoms with Gasteiger partial charge in [-0.15, -0.1) is 6.42 Å². The van der Waals surface area contributed by atoms with Crippen LogP contribution in [0.25, 0.3) is 11.2 Å². The molecule has 5 rings (SSSR count). The number of aromatic nitrogens is 4. The van der Waals surface area contributed by atoms with E-state index < -0.39 is 61.0 Å². The molecule has 2 saturated heterocycles. The second-order valence-electron chi connectivity index (χ2n) is 11.9. The van der Waals surface area contributed by atoms with E-state index in [9.17, 15) is 35.1 Å². The van der Waals surface area contributed by atoms with Crippen molar-refractivity contribution in [1.82, 2.24) is 24.4 Å². The molecular formula is C30H36ClN7O9. The molecule has 2 aliphatic rings. The number of aliphatic hydroxyl groups excluding tert-OH is 2.